The van der Waals surface area contributed by atoms with E-state index < -0.39 is 11.6 Å². The maximum Gasteiger partial charge on any atom is 0.191 e. The maximum atomic E-state index is 13.5. The molecule has 0 amide bonds. The molecule has 2 unspecified atom stereocenters. The van der Waals surface area contributed by atoms with Crippen molar-refractivity contribution >= 4 is 0 Å². The molecule has 1 aliphatic carbocycles. The number of benzene rings is 1. The first-order chi connectivity index (χ1) is 7.56. The summed E-state index contributed by atoms with van der Waals surface area (Å²) in [5, 5.41) is 0. The van der Waals surface area contributed by atoms with Crippen molar-refractivity contribution in [3.05, 3.63) is 29.3 Å². The maximum absolute atomic E-state index is 13.5. The van der Waals surface area contributed by atoms with Gasteiger partial charge in [0.25, 0.3) is 0 Å². The fourth-order valence-corrected chi connectivity index (χ4v) is 2.23. The van der Waals surface area contributed by atoms with E-state index in [4.69, 9.17) is 4.74 Å². The average Bonchev–Trinajstić information content (AvgIpc) is 2.58. The molecular formula is C13H16F2O. The Labute approximate surface area is 94.4 Å². The lowest BCUT2D eigenvalue weighted by atomic mass is 10.1. The molecule has 1 aromatic carbocycles. The van der Waals surface area contributed by atoms with E-state index >= 15 is 0 Å². The first-order valence-corrected chi connectivity index (χ1v) is 5.68. The normalized spacial score (nSPS) is 24.8. The number of hydrogen-bond donors (Lipinski definition) is 0. The van der Waals surface area contributed by atoms with Crippen molar-refractivity contribution in [2.45, 2.75) is 39.2 Å². The van der Waals surface area contributed by atoms with Gasteiger partial charge in [0, 0.05) is 0 Å². The van der Waals surface area contributed by atoms with Crippen LogP contribution in [-0.2, 0) is 0 Å². The van der Waals surface area contributed by atoms with Gasteiger partial charge in [0.15, 0.2) is 17.4 Å². The van der Waals surface area contributed by atoms with E-state index in [2.05, 4.69) is 6.92 Å². The van der Waals surface area contributed by atoms with Crippen molar-refractivity contribution in [2.24, 2.45) is 5.92 Å². The van der Waals surface area contributed by atoms with Crippen LogP contribution >= 0.6 is 0 Å². The van der Waals surface area contributed by atoms with Crippen LogP contribution in [0.15, 0.2) is 12.1 Å². The second-order valence-electron chi connectivity index (χ2n) is 4.72. The van der Waals surface area contributed by atoms with Gasteiger partial charge in [-0.2, -0.15) is 0 Å². The van der Waals surface area contributed by atoms with Gasteiger partial charge >= 0.3 is 0 Å². The van der Waals surface area contributed by atoms with Crippen molar-refractivity contribution in [1.82, 2.24) is 0 Å². The number of rotatable bonds is 2. The quantitative estimate of drug-likeness (QED) is 0.744. The highest BCUT2D eigenvalue weighted by atomic mass is 19.1. The van der Waals surface area contributed by atoms with Gasteiger partial charge in [-0.15, -0.1) is 0 Å². The molecule has 88 valence electrons. The third-order valence-electron chi connectivity index (χ3n) is 3.07. The fraction of sp³-hybridized carbons (Fsp3) is 0.538. The zero-order valence-corrected chi connectivity index (χ0v) is 9.59. The predicted molar refractivity (Wildman–Crippen MR) is 58.5 cm³/mol. The lowest BCUT2D eigenvalue weighted by Crippen LogP contribution is -2.14. The zero-order chi connectivity index (χ0) is 11.7. The molecule has 3 heteroatoms. The smallest absolute Gasteiger partial charge is 0.191 e. The minimum Gasteiger partial charge on any atom is -0.484 e. The van der Waals surface area contributed by atoms with Crippen LogP contribution in [0.5, 0.6) is 5.75 Å². The Balaban J connectivity index is 2.15. The molecule has 0 aliphatic heterocycles. The molecule has 0 radical (unpaired) electrons. The van der Waals surface area contributed by atoms with Crippen LogP contribution in [0, 0.1) is 24.5 Å². The lowest BCUT2D eigenvalue weighted by molar-refractivity contribution is 0.187. The minimum atomic E-state index is -0.600. The summed E-state index contributed by atoms with van der Waals surface area (Å²) in [7, 11) is 0. The van der Waals surface area contributed by atoms with Crippen molar-refractivity contribution in [3.8, 4) is 5.75 Å². The first kappa shape index (κ1) is 11.4. The highest BCUT2D eigenvalue weighted by Crippen LogP contribution is 2.31. The molecule has 16 heavy (non-hydrogen) atoms. The summed E-state index contributed by atoms with van der Waals surface area (Å²) in [6.07, 6.45) is 2.79. The average molecular weight is 226 g/mol. The molecule has 1 nitrogen and oxygen atoms in total. The number of aryl methyl sites for hydroxylation is 1. The van der Waals surface area contributed by atoms with E-state index in [1.165, 1.54) is 12.1 Å². The predicted octanol–water partition coefficient (Wildman–Crippen LogP) is 3.84. The second-order valence-corrected chi connectivity index (χ2v) is 4.72. The molecule has 2 rings (SSSR count). The highest BCUT2D eigenvalue weighted by Gasteiger charge is 2.25. The van der Waals surface area contributed by atoms with E-state index in [1.807, 2.05) is 0 Å². The summed E-state index contributed by atoms with van der Waals surface area (Å²) < 4.78 is 32.4. The number of hydrogen-bond acceptors (Lipinski definition) is 1. The van der Waals surface area contributed by atoms with Crippen molar-refractivity contribution < 1.29 is 13.5 Å². The van der Waals surface area contributed by atoms with Gasteiger partial charge in [0.05, 0.1) is 6.10 Å². The molecule has 1 fully saturated rings. The van der Waals surface area contributed by atoms with Crippen LogP contribution in [-0.4, -0.2) is 6.10 Å². The molecule has 2 atom stereocenters. The van der Waals surface area contributed by atoms with E-state index in [1.54, 1.807) is 6.92 Å². The molecule has 0 bridgehead atoms. The summed E-state index contributed by atoms with van der Waals surface area (Å²) in [6.45, 7) is 3.79. The van der Waals surface area contributed by atoms with Crippen LogP contribution < -0.4 is 4.74 Å². The molecule has 1 saturated carbocycles. The second kappa shape index (κ2) is 4.40. The van der Waals surface area contributed by atoms with Gasteiger partial charge in [-0.05, 0) is 49.8 Å². The SMILES string of the molecule is Cc1cc(F)c(OC2CCC(C)C2)c(F)c1. The minimum absolute atomic E-state index is 0.0401. The third kappa shape index (κ3) is 2.34. The molecule has 0 aromatic heterocycles. The van der Waals surface area contributed by atoms with Crippen LogP contribution in [0.1, 0.15) is 31.7 Å². The first-order valence-electron chi connectivity index (χ1n) is 5.68. The summed E-state index contributed by atoms with van der Waals surface area (Å²) in [6, 6.07) is 2.60. The van der Waals surface area contributed by atoms with Crippen molar-refractivity contribution in [1.29, 1.82) is 0 Å². The molecule has 0 N–H and O–H groups in total. The Hall–Kier alpha value is -1.12. The van der Waals surface area contributed by atoms with Gasteiger partial charge in [0.1, 0.15) is 0 Å². The van der Waals surface area contributed by atoms with Gasteiger partial charge in [-0.25, -0.2) is 8.78 Å². The van der Waals surface area contributed by atoms with E-state index in [0.717, 1.165) is 19.3 Å². The van der Waals surface area contributed by atoms with Crippen molar-refractivity contribution in [3.63, 3.8) is 0 Å². The highest BCUT2D eigenvalue weighted by molar-refractivity contribution is 5.30. The van der Waals surface area contributed by atoms with Crippen LogP contribution in [0.25, 0.3) is 0 Å². The molecule has 0 saturated heterocycles. The van der Waals surface area contributed by atoms with Gasteiger partial charge in [0.2, 0.25) is 0 Å². The Morgan fingerprint density at radius 1 is 1.19 bits per heavy atom. The fourth-order valence-electron chi connectivity index (χ4n) is 2.23. The Kier molecular flexibility index (Phi) is 3.13. The monoisotopic (exact) mass is 226 g/mol. The van der Waals surface area contributed by atoms with E-state index in [9.17, 15) is 8.78 Å². The van der Waals surface area contributed by atoms with Crippen LogP contribution in [0.3, 0.4) is 0 Å². The lowest BCUT2D eigenvalue weighted by Gasteiger charge is -2.15. The van der Waals surface area contributed by atoms with Gasteiger partial charge < -0.3 is 4.74 Å². The Bertz CT molecular complexity index is 367. The Morgan fingerprint density at radius 2 is 1.81 bits per heavy atom. The van der Waals surface area contributed by atoms with Crippen LogP contribution in [0.2, 0.25) is 0 Å². The van der Waals surface area contributed by atoms with E-state index in [-0.39, 0.29) is 11.9 Å². The number of halogens is 2. The summed E-state index contributed by atoms with van der Waals surface area (Å²) >= 11 is 0. The van der Waals surface area contributed by atoms with Gasteiger partial charge in [-0.3, -0.25) is 0 Å². The molecular weight excluding hydrogens is 210 g/mol. The summed E-state index contributed by atoms with van der Waals surface area (Å²) in [4.78, 5) is 0. The molecule has 0 spiro atoms. The van der Waals surface area contributed by atoms with Gasteiger partial charge in [-0.1, -0.05) is 6.92 Å². The topological polar surface area (TPSA) is 9.23 Å². The van der Waals surface area contributed by atoms with Crippen LogP contribution in [0.4, 0.5) is 8.78 Å². The zero-order valence-electron chi connectivity index (χ0n) is 9.59. The molecule has 0 heterocycles. The molecule has 1 aromatic rings. The van der Waals surface area contributed by atoms with Crippen molar-refractivity contribution in [2.75, 3.05) is 0 Å². The largest absolute Gasteiger partial charge is 0.484 e. The van der Waals surface area contributed by atoms with E-state index in [0.29, 0.717) is 11.5 Å². The summed E-state index contributed by atoms with van der Waals surface area (Å²) in [5.41, 5.74) is 0.571. The standard InChI is InChI=1S/C13H16F2O/c1-8-3-4-10(5-8)16-13-11(14)6-9(2)7-12(13)15/h6-8,10H,3-5H2,1-2H3. The summed E-state index contributed by atoms with van der Waals surface area (Å²) in [5.74, 6) is -0.833. The Morgan fingerprint density at radius 3 is 2.31 bits per heavy atom. The molecule has 1 aliphatic rings. The third-order valence-corrected chi connectivity index (χ3v) is 3.07. The number of ether oxygens (including phenoxy) is 1.